The standard InChI is InChI=1S/C12H19NOS/c1-2-3-4-9-13-12(14)8-7-11-6-5-10-15-11/h5-6,10H,2-4,7-9H2,1H3,(H,13,14). The highest BCUT2D eigenvalue weighted by Crippen LogP contribution is 2.10. The molecule has 0 aromatic carbocycles. The quantitative estimate of drug-likeness (QED) is 0.710. The van der Waals surface area contributed by atoms with Gasteiger partial charge in [-0.1, -0.05) is 25.8 Å². The zero-order chi connectivity index (χ0) is 10.9. The summed E-state index contributed by atoms with van der Waals surface area (Å²) in [6, 6.07) is 4.11. The molecule has 1 aromatic rings. The third-order valence-electron chi connectivity index (χ3n) is 2.28. The first-order valence-corrected chi connectivity index (χ1v) is 6.50. The number of carbonyl (C=O) groups excluding carboxylic acids is 1. The fourth-order valence-corrected chi connectivity index (χ4v) is 2.09. The molecule has 0 atom stereocenters. The molecule has 0 spiro atoms. The predicted molar refractivity (Wildman–Crippen MR) is 65.2 cm³/mol. The lowest BCUT2D eigenvalue weighted by Crippen LogP contribution is -2.24. The lowest BCUT2D eigenvalue weighted by atomic mass is 10.2. The van der Waals surface area contributed by atoms with E-state index in [1.165, 1.54) is 17.7 Å². The first-order chi connectivity index (χ1) is 7.33. The number of thiophene rings is 1. The summed E-state index contributed by atoms with van der Waals surface area (Å²) in [5, 5.41) is 5.00. The largest absolute Gasteiger partial charge is 0.356 e. The molecule has 0 aliphatic heterocycles. The number of aryl methyl sites for hydroxylation is 1. The molecule has 0 aliphatic carbocycles. The van der Waals surface area contributed by atoms with Crippen LogP contribution in [0, 0.1) is 0 Å². The molecule has 0 fully saturated rings. The molecule has 1 N–H and O–H groups in total. The molecule has 1 aromatic heterocycles. The van der Waals surface area contributed by atoms with Crippen LogP contribution in [0.5, 0.6) is 0 Å². The second-order valence-electron chi connectivity index (χ2n) is 3.64. The van der Waals surface area contributed by atoms with Crippen LogP contribution in [0.1, 0.15) is 37.5 Å². The van der Waals surface area contributed by atoms with E-state index >= 15 is 0 Å². The Kier molecular flexibility index (Phi) is 6.09. The van der Waals surface area contributed by atoms with Gasteiger partial charge in [0.2, 0.25) is 5.91 Å². The highest BCUT2D eigenvalue weighted by atomic mass is 32.1. The van der Waals surface area contributed by atoms with E-state index in [0.29, 0.717) is 6.42 Å². The van der Waals surface area contributed by atoms with E-state index in [9.17, 15) is 4.79 Å². The summed E-state index contributed by atoms with van der Waals surface area (Å²) in [6.45, 7) is 3.00. The Morgan fingerprint density at radius 1 is 1.47 bits per heavy atom. The van der Waals surface area contributed by atoms with Crippen molar-refractivity contribution in [2.75, 3.05) is 6.54 Å². The Morgan fingerprint density at radius 2 is 2.33 bits per heavy atom. The zero-order valence-electron chi connectivity index (χ0n) is 9.29. The zero-order valence-corrected chi connectivity index (χ0v) is 10.1. The Morgan fingerprint density at radius 3 is 3.00 bits per heavy atom. The van der Waals surface area contributed by atoms with E-state index in [1.807, 2.05) is 6.07 Å². The van der Waals surface area contributed by atoms with Crippen molar-refractivity contribution < 1.29 is 4.79 Å². The maximum absolute atomic E-state index is 11.4. The van der Waals surface area contributed by atoms with E-state index in [0.717, 1.165) is 19.4 Å². The molecule has 2 nitrogen and oxygen atoms in total. The number of carbonyl (C=O) groups is 1. The van der Waals surface area contributed by atoms with Gasteiger partial charge in [-0.2, -0.15) is 0 Å². The van der Waals surface area contributed by atoms with Gasteiger partial charge in [-0.05, 0) is 24.3 Å². The van der Waals surface area contributed by atoms with Gasteiger partial charge in [0.1, 0.15) is 0 Å². The van der Waals surface area contributed by atoms with Gasteiger partial charge in [-0.25, -0.2) is 0 Å². The van der Waals surface area contributed by atoms with E-state index in [2.05, 4.69) is 23.7 Å². The first-order valence-electron chi connectivity index (χ1n) is 5.62. The number of rotatable bonds is 7. The molecule has 0 bridgehead atoms. The smallest absolute Gasteiger partial charge is 0.220 e. The molecule has 1 heterocycles. The molecule has 1 rings (SSSR count). The van der Waals surface area contributed by atoms with Crippen molar-refractivity contribution in [3.05, 3.63) is 22.4 Å². The lowest BCUT2D eigenvalue weighted by molar-refractivity contribution is -0.121. The van der Waals surface area contributed by atoms with Crippen LogP contribution in [-0.2, 0) is 11.2 Å². The third-order valence-corrected chi connectivity index (χ3v) is 3.22. The van der Waals surface area contributed by atoms with Crippen molar-refractivity contribution in [1.29, 1.82) is 0 Å². The maximum atomic E-state index is 11.4. The molecule has 1 amide bonds. The molecule has 0 aliphatic rings. The van der Waals surface area contributed by atoms with Crippen LogP contribution in [0.4, 0.5) is 0 Å². The Bertz CT molecular complexity index is 269. The fraction of sp³-hybridized carbons (Fsp3) is 0.583. The van der Waals surface area contributed by atoms with Crippen LogP contribution in [0.3, 0.4) is 0 Å². The van der Waals surface area contributed by atoms with Crippen molar-refractivity contribution in [2.45, 2.75) is 39.0 Å². The molecule has 0 radical (unpaired) electrons. The van der Waals surface area contributed by atoms with Gasteiger partial charge >= 0.3 is 0 Å². The van der Waals surface area contributed by atoms with E-state index < -0.39 is 0 Å². The van der Waals surface area contributed by atoms with Gasteiger partial charge in [-0.3, -0.25) is 4.79 Å². The van der Waals surface area contributed by atoms with Crippen molar-refractivity contribution in [3.63, 3.8) is 0 Å². The second kappa shape index (κ2) is 7.46. The molecular weight excluding hydrogens is 206 g/mol. The summed E-state index contributed by atoms with van der Waals surface area (Å²) < 4.78 is 0. The minimum absolute atomic E-state index is 0.180. The van der Waals surface area contributed by atoms with Gasteiger partial charge in [0, 0.05) is 17.8 Å². The molecular formula is C12H19NOS. The fourth-order valence-electron chi connectivity index (χ4n) is 1.38. The van der Waals surface area contributed by atoms with Crippen LogP contribution in [-0.4, -0.2) is 12.5 Å². The van der Waals surface area contributed by atoms with Crippen molar-refractivity contribution in [3.8, 4) is 0 Å². The number of amides is 1. The summed E-state index contributed by atoms with van der Waals surface area (Å²) >= 11 is 1.72. The summed E-state index contributed by atoms with van der Waals surface area (Å²) in [7, 11) is 0. The summed E-state index contributed by atoms with van der Waals surface area (Å²) in [5.41, 5.74) is 0. The molecule has 0 saturated carbocycles. The van der Waals surface area contributed by atoms with Gasteiger partial charge in [0.15, 0.2) is 0 Å². The van der Waals surface area contributed by atoms with Crippen LogP contribution in [0.15, 0.2) is 17.5 Å². The Hall–Kier alpha value is -0.830. The van der Waals surface area contributed by atoms with Crippen LogP contribution in [0.2, 0.25) is 0 Å². The monoisotopic (exact) mass is 225 g/mol. The van der Waals surface area contributed by atoms with Crippen molar-refractivity contribution in [1.82, 2.24) is 5.32 Å². The van der Waals surface area contributed by atoms with Crippen molar-refractivity contribution >= 4 is 17.2 Å². The normalized spacial score (nSPS) is 10.2. The molecule has 3 heteroatoms. The van der Waals surface area contributed by atoms with Gasteiger partial charge in [0.25, 0.3) is 0 Å². The van der Waals surface area contributed by atoms with E-state index in [-0.39, 0.29) is 5.91 Å². The Balaban J connectivity index is 2.04. The molecule has 84 valence electrons. The number of hydrogen-bond donors (Lipinski definition) is 1. The average molecular weight is 225 g/mol. The number of nitrogens with one attached hydrogen (secondary N) is 1. The first kappa shape index (κ1) is 12.2. The maximum Gasteiger partial charge on any atom is 0.220 e. The predicted octanol–water partition coefficient (Wildman–Crippen LogP) is 2.99. The average Bonchev–Trinajstić information content (AvgIpc) is 2.74. The molecule has 0 saturated heterocycles. The summed E-state index contributed by atoms with van der Waals surface area (Å²) in [5.74, 6) is 0.180. The number of unbranched alkanes of at least 4 members (excludes halogenated alkanes) is 2. The summed E-state index contributed by atoms with van der Waals surface area (Å²) in [4.78, 5) is 12.7. The van der Waals surface area contributed by atoms with E-state index in [4.69, 9.17) is 0 Å². The lowest BCUT2D eigenvalue weighted by Gasteiger charge is -2.03. The van der Waals surface area contributed by atoms with Gasteiger partial charge in [0.05, 0.1) is 0 Å². The van der Waals surface area contributed by atoms with Gasteiger partial charge < -0.3 is 5.32 Å². The molecule has 15 heavy (non-hydrogen) atoms. The van der Waals surface area contributed by atoms with E-state index in [1.54, 1.807) is 11.3 Å². The third kappa shape index (κ3) is 5.57. The van der Waals surface area contributed by atoms with Crippen LogP contribution >= 0.6 is 11.3 Å². The number of hydrogen-bond acceptors (Lipinski definition) is 2. The van der Waals surface area contributed by atoms with Gasteiger partial charge in [-0.15, -0.1) is 11.3 Å². The topological polar surface area (TPSA) is 29.1 Å². The van der Waals surface area contributed by atoms with Crippen LogP contribution in [0.25, 0.3) is 0 Å². The van der Waals surface area contributed by atoms with Crippen LogP contribution < -0.4 is 5.32 Å². The highest BCUT2D eigenvalue weighted by molar-refractivity contribution is 7.09. The van der Waals surface area contributed by atoms with Crippen molar-refractivity contribution in [2.24, 2.45) is 0 Å². The second-order valence-corrected chi connectivity index (χ2v) is 4.67. The Labute approximate surface area is 95.7 Å². The SMILES string of the molecule is CCCCCNC(=O)CCc1cccs1. The minimum atomic E-state index is 0.180. The summed E-state index contributed by atoms with van der Waals surface area (Å²) in [6.07, 6.45) is 4.99. The molecule has 0 unspecified atom stereocenters. The minimum Gasteiger partial charge on any atom is -0.356 e. The highest BCUT2D eigenvalue weighted by Gasteiger charge is 2.01.